The number of ether oxygens (including phenoxy) is 2. The van der Waals surface area contributed by atoms with Crippen LogP contribution >= 0.6 is 0 Å². The van der Waals surface area contributed by atoms with Crippen molar-refractivity contribution in [3.63, 3.8) is 0 Å². The molecule has 1 amide bonds. The summed E-state index contributed by atoms with van der Waals surface area (Å²) >= 11 is 0. The zero-order chi connectivity index (χ0) is 20.8. The molecular formula is C24H23N3O3. The molecule has 0 aliphatic carbocycles. The first kappa shape index (κ1) is 19.5. The number of hydrogen-bond donors (Lipinski definition) is 1. The summed E-state index contributed by atoms with van der Waals surface area (Å²) in [7, 11) is 1.63. The third-order valence-electron chi connectivity index (χ3n) is 4.80. The molecule has 4 aromatic rings. The summed E-state index contributed by atoms with van der Waals surface area (Å²) in [5.41, 5.74) is 2.53. The Labute approximate surface area is 175 Å². The van der Waals surface area contributed by atoms with Crippen LogP contribution in [-0.4, -0.2) is 29.2 Å². The second-order valence-corrected chi connectivity index (χ2v) is 6.74. The second-order valence-electron chi connectivity index (χ2n) is 6.74. The lowest BCUT2D eigenvalue weighted by Gasteiger charge is -2.12. The highest BCUT2D eigenvalue weighted by molar-refractivity contribution is 5.94. The summed E-state index contributed by atoms with van der Waals surface area (Å²) in [6.45, 7) is 1.41. The molecule has 0 saturated carbocycles. The van der Waals surface area contributed by atoms with Gasteiger partial charge in [0, 0.05) is 11.6 Å². The topological polar surface area (TPSA) is 65.4 Å². The molecule has 6 nitrogen and oxygen atoms in total. The van der Waals surface area contributed by atoms with Crippen molar-refractivity contribution in [2.45, 2.75) is 13.1 Å². The molecule has 0 fully saturated rings. The van der Waals surface area contributed by atoms with Gasteiger partial charge in [-0.15, -0.1) is 0 Å². The molecule has 152 valence electrons. The molecule has 0 bridgehead atoms. The third-order valence-corrected chi connectivity index (χ3v) is 4.80. The third kappa shape index (κ3) is 4.43. The first-order chi connectivity index (χ1) is 14.7. The van der Waals surface area contributed by atoms with Gasteiger partial charge in [-0.3, -0.25) is 4.79 Å². The summed E-state index contributed by atoms with van der Waals surface area (Å²) in [6.07, 6.45) is 0. The van der Waals surface area contributed by atoms with Gasteiger partial charge in [-0.1, -0.05) is 36.4 Å². The van der Waals surface area contributed by atoms with Gasteiger partial charge >= 0.3 is 0 Å². The number of imidazole rings is 1. The van der Waals surface area contributed by atoms with Crippen LogP contribution in [0.4, 0.5) is 0 Å². The van der Waals surface area contributed by atoms with Crippen LogP contribution in [0.25, 0.3) is 11.0 Å². The highest BCUT2D eigenvalue weighted by Crippen LogP contribution is 2.20. The standard InChI is InChI=1S/C24H23N3O3/c1-29-19-10-7-11-20(16-19)30-15-14-27-22-13-6-5-12-21(22)26-23(27)17-25-24(28)18-8-3-2-4-9-18/h2-13,16H,14-15,17H2,1H3,(H,25,28). The van der Waals surface area contributed by atoms with Gasteiger partial charge in [0.1, 0.15) is 23.9 Å². The molecule has 6 heteroatoms. The maximum absolute atomic E-state index is 12.4. The Bertz CT molecular complexity index is 1140. The van der Waals surface area contributed by atoms with E-state index >= 15 is 0 Å². The van der Waals surface area contributed by atoms with Crippen molar-refractivity contribution < 1.29 is 14.3 Å². The molecule has 1 heterocycles. The molecule has 0 aliphatic heterocycles. The van der Waals surface area contributed by atoms with E-state index in [1.807, 2.05) is 66.7 Å². The Kier molecular flexibility index (Phi) is 5.94. The van der Waals surface area contributed by atoms with Gasteiger partial charge in [0.25, 0.3) is 5.91 Å². The Morgan fingerprint density at radius 1 is 0.967 bits per heavy atom. The van der Waals surface area contributed by atoms with Crippen LogP contribution in [0.5, 0.6) is 11.5 Å². The monoisotopic (exact) mass is 401 g/mol. The molecular weight excluding hydrogens is 378 g/mol. The number of rotatable bonds is 8. The summed E-state index contributed by atoms with van der Waals surface area (Å²) in [5.74, 6) is 2.17. The quantitative estimate of drug-likeness (QED) is 0.484. The SMILES string of the molecule is COc1cccc(OCCn2c(CNC(=O)c3ccccc3)nc3ccccc32)c1. The normalized spacial score (nSPS) is 10.7. The number of para-hydroxylation sites is 2. The van der Waals surface area contributed by atoms with E-state index in [9.17, 15) is 4.79 Å². The van der Waals surface area contributed by atoms with Gasteiger partial charge < -0.3 is 19.4 Å². The van der Waals surface area contributed by atoms with Crippen LogP contribution in [0.15, 0.2) is 78.9 Å². The van der Waals surface area contributed by atoms with Gasteiger partial charge in [0.05, 0.1) is 31.2 Å². The highest BCUT2D eigenvalue weighted by Gasteiger charge is 2.12. The fourth-order valence-corrected chi connectivity index (χ4v) is 3.31. The van der Waals surface area contributed by atoms with Crippen molar-refractivity contribution in [1.82, 2.24) is 14.9 Å². The van der Waals surface area contributed by atoms with Crippen molar-refractivity contribution >= 4 is 16.9 Å². The first-order valence-electron chi connectivity index (χ1n) is 9.79. The molecule has 0 saturated heterocycles. The fraction of sp³-hybridized carbons (Fsp3) is 0.167. The minimum atomic E-state index is -0.123. The maximum atomic E-state index is 12.4. The number of benzene rings is 3. The number of hydrogen-bond acceptors (Lipinski definition) is 4. The van der Waals surface area contributed by atoms with Crippen LogP contribution in [0.2, 0.25) is 0 Å². The van der Waals surface area contributed by atoms with E-state index < -0.39 is 0 Å². The molecule has 0 radical (unpaired) electrons. The molecule has 0 aliphatic rings. The van der Waals surface area contributed by atoms with Crippen molar-refractivity contribution in [3.8, 4) is 11.5 Å². The minimum absolute atomic E-state index is 0.123. The van der Waals surface area contributed by atoms with Gasteiger partial charge in [-0.05, 0) is 36.4 Å². The number of nitrogens with zero attached hydrogens (tertiary/aromatic N) is 2. The number of fused-ring (bicyclic) bond motifs is 1. The van der Waals surface area contributed by atoms with Gasteiger partial charge in [-0.25, -0.2) is 4.98 Å². The highest BCUT2D eigenvalue weighted by atomic mass is 16.5. The Hall–Kier alpha value is -3.80. The van der Waals surface area contributed by atoms with Crippen LogP contribution in [0.3, 0.4) is 0 Å². The van der Waals surface area contributed by atoms with Crippen LogP contribution in [0.1, 0.15) is 16.2 Å². The van der Waals surface area contributed by atoms with E-state index in [1.54, 1.807) is 19.2 Å². The molecule has 30 heavy (non-hydrogen) atoms. The number of nitrogens with one attached hydrogen (secondary N) is 1. The molecule has 1 aromatic heterocycles. The van der Waals surface area contributed by atoms with E-state index in [2.05, 4.69) is 9.88 Å². The van der Waals surface area contributed by atoms with Crippen LogP contribution in [-0.2, 0) is 13.1 Å². The van der Waals surface area contributed by atoms with Crippen molar-refractivity contribution in [1.29, 1.82) is 0 Å². The Balaban J connectivity index is 1.48. The van der Waals surface area contributed by atoms with E-state index in [4.69, 9.17) is 14.5 Å². The molecule has 0 unspecified atom stereocenters. The fourth-order valence-electron chi connectivity index (χ4n) is 3.31. The minimum Gasteiger partial charge on any atom is -0.497 e. The summed E-state index contributed by atoms with van der Waals surface area (Å²) in [5, 5.41) is 2.96. The lowest BCUT2D eigenvalue weighted by atomic mass is 10.2. The van der Waals surface area contributed by atoms with Crippen molar-refractivity contribution in [2.24, 2.45) is 0 Å². The van der Waals surface area contributed by atoms with Crippen molar-refractivity contribution in [3.05, 3.63) is 90.3 Å². The first-order valence-corrected chi connectivity index (χ1v) is 9.79. The number of carbonyl (C=O) groups excluding carboxylic acids is 1. The van der Waals surface area contributed by atoms with E-state index in [0.717, 1.165) is 28.4 Å². The molecule has 3 aromatic carbocycles. The van der Waals surface area contributed by atoms with Gasteiger partial charge in [0.2, 0.25) is 0 Å². The maximum Gasteiger partial charge on any atom is 0.251 e. The smallest absolute Gasteiger partial charge is 0.251 e. The zero-order valence-electron chi connectivity index (χ0n) is 16.7. The second kappa shape index (κ2) is 9.13. The molecule has 0 atom stereocenters. The largest absolute Gasteiger partial charge is 0.497 e. The number of methoxy groups -OCH3 is 1. The average Bonchev–Trinajstić information content (AvgIpc) is 3.16. The van der Waals surface area contributed by atoms with Crippen LogP contribution < -0.4 is 14.8 Å². The van der Waals surface area contributed by atoms with Gasteiger partial charge in [-0.2, -0.15) is 0 Å². The number of amides is 1. The molecule has 0 spiro atoms. The molecule has 4 rings (SSSR count). The molecule has 1 N–H and O–H groups in total. The average molecular weight is 401 g/mol. The summed E-state index contributed by atoms with van der Waals surface area (Å²) < 4.78 is 13.2. The van der Waals surface area contributed by atoms with E-state index in [1.165, 1.54) is 0 Å². The Morgan fingerprint density at radius 2 is 1.73 bits per heavy atom. The number of aromatic nitrogens is 2. The Morgan fingerprint density at radius 3 is 2.57 bits per heavy atom. The van der Waals surface area contributed by atoms with Gasteiger partial charge in [0.15, 0.2) is 0 Å². The van der Waals surface area contributed by atoms with E-state index in [0.29, 0.717) is 25.3 Å². The van der Waals surface area contributed by atoms with Crippen LogP contribution in [0, 0.1) is 0 Å². The van der Waals surface area contributed by atoms with E-state index in [-0.39, 0.29) is 5.91 Å². The zero-order valence-corrected chi connectivity index (χ0v) is 16.7. The predicted octanol–water partition coefficient (Wildman–Crippen LogP) is 4.05. The summed E-state index contributed by atoms with van der Waals surface area (Å²) in [4.78, 5) is 17.1. The van der Waals surface area contributed by atoms with Crippen molar-refractivity contribution in [2.75, 3.05) is 13.7 Å². The lowest BCUT2D eigenvalue weighted by molar-refractivity contribution is 0.0949. The lowest BCUT2D eigenvalue weighted by Crippen LogP contribution is -2.25. The predicted molar refractivity (Wildman–Crippen MR) is 116 cm³/mol. The number of carbonyl (C=O) groups is 1. The summed E-state index contributed by atoms with van der Waals surface area (Å²) in [6, 6.07) is 24.6.